The number of benzene rings is 1. The van der Waals surface area contributed by atoms with E-state index in [1.165, 1.54) is 32.1 Å². The maximum Gasteiger partial charge on any atom is 0.103 e. The van der Waals surface area contributed by atoms with Crippen molar-refractivity contribution in [3.05, 3.63) is 28.2 Å². The summed E-state index contributed by atoms with van der Waals surface area (Å²) in [6.07, 6.45) is 6.69. The summed E-state index contributed by atoms with van der Waals surface area (Å²) in [4.78, 5) is 2.48. The second-order valence-corrected chi connectivity index (χ2v) is 6.19. The van der Waals surface area contributed by atoms with Crippen LogP contribution in [-0.2, 0) is 0 Å². The zero-order valence-corrected chi connectivity index (χ0v) is 12.0. The topological polar surface area (TPSA) is 27.0 Å². The number of rotatable bonds is 1. The molecule has 2 fully saturated rings. The van der Waals surface area contributed by atoms with Crippen molar-refractivity contribution in [1.82, 2.24) is 0 Å². The predicted molar refractivity (Wildman–Crippen MR) is 76.6 cm³/mol. The average molecular weight is 305 g/mol. The molecule has 0 N–H and O–H groups in total. The van der Waals surface area contributed by atoms with Crippen LogP contribution in [0.5, 0.6) is 0 Å². The number of nitriles is 1. The first kappa shape index (κ1) is 12.0. The molecule has 0 bridgehead atoms. The normalized spacial score (nSPS) is 26.8. The molecule has 0 amide bonds. The van der Waals surface area contributed by atoms with E-state index < -0.39 is 0 Å². The molecule has 2 nitrogen and oxygen atoms in total. The molecule has 1 aliphatic carbocycles. The fraction of sp³-hybridized carbons (Fsp3) is 0.533. The maximum absolute atomic E-state index is 9.35. The molecule has 1 aliphatic heterocycles. The van der Waals surface area contributed by atoms with E-state index in [0.717, 1.165) is 28.2 Å². The molecule has 1 saturated carbocycles. The smallest absolute Gasteiger partial charge is 0.103 e. The SMILES string of the molecule is N#Cc1c(Br)cccc1N1CCC2CCCCC21. The van der Waals surface area contributed by atoms with Crippen LogP contribution in [0.1, 0.15) is 37.7 Å². The summed E-state index contributed by atoms with van der Waals surface area (Å²) < 4.78 is 0.918. The van der Waals surface area contributed by atoms with Gasteiger partial charge >= 0.3 is 0 Å². The van der Waals surface area contributed by atoms with Crippen LogP contribution >= 0.6 is 15.9 Å². The Labute approximate surface area is 117 Å². The molecule has 1 aromatic rings. The van der Waals surface area contributed by atoms with Gasteiger partial charge in [0.25, 0.3) is 0 Å². The number of hydrogen-bond donors (Lipinski definition) is 0. The van der Waals surface area contributed by atoms with Crippen LogP contribution in [0.15, 0.2) is 22.7 Å². The van der Waals surface area contributed by atoms with E-state index in [1.54, 1.807) is 0 Å². The van der Waals surface area contributed by atoms with Gasteiger partial charge in [0.2, 0.25) is 0 Å². The monoisotopic (exact) mass is 304 g/mol. The molecule has 1 saturated heterocycles. The molecule has 0 aromatic heterocycles. The Morgan fingerprint density at radius 3 is 2.89 bits per heavy atom. The molecular formula is C15H17BrN2. The van der Waals surface area contributed by atoms with Crippen molar-refractivity contribution in [3.8, 4) is 6.07 Å². The van der Waals surface area contributed by atoms with Crippen LogP contribution < -0.4 is 4.90 Å². The number of fused-ring (bicyclic) bond motifs is 1. The van der Waals surface area contributed by atoms with E-state index in [1.807, 2.05) is 12.1 Å². The third kappa shape index (κ3) is 1.93. The first-order valence-electron chi connectivity index (χ1n) is 6.76. The Bertz CT molecular complexity index is 492. The molecular weight excluding hydrogens is 288 g/mol. The Morgan fingerprint density at radius 2 is 2.06 bits per heavy atom. The van der Waals surface area contributed by atoms with E-state index in [4.69, 9.17) is 0 Å². The Morgan fingerprint density at radius 1 is 1.22 bits per heavy atom. The third-order valence-electron chi connectivity index (χ3n) is 4.42. The van der Waals surface area contributed by atoms with Crippen LogP contribution in [0, 0.1) is 17.2 Å². The van der Waals surface area contributed by atoms with E-state index in [9.17, 15) is 5.26 Å². The molecule has 18 heavy (non-hydrogen) atoms. The summed E-state index contributed by atoms with van der Waals surface area (Å²) in [5.74, 6) is 0.851. The minimum atomic E-state index is 0.667. The Balaban J connectivity index is 1.96. The summed E-state index contributed by atoms with van der Waals surface area (Å²) in [6.45, 7) is 1.11. The van der Waals surface area contributed by atoms with Crippen LogP contribution in [0.25, 0.3) is 0 Å². The van der Waals surface area contributed by atoms with Crippen molar-refractivity contribution in [2.45, 2.75) is 38.1 Å². The van der Waals surface area contributed by atoms with Gasteiger partial charge in [0.15, 0.2) is 0 Å². The standard InChI is InChI=1S/C15H17BrN2/c16-13-5-3-7-15(12(13)10-17)18-9-8-11-4-1-2-6-14(11)18/h3,5,7,11,14H,1-2,4,6,8-9H2. The Hall–Kier alpha value is -1.01. The van der Waals surface area contributed by atoms with Crippen molar-refractivity contribution in [2.24, 2.45) is 5.92 Å². The van der Waals surface area contributed by atoms with Crippen molar-refractivity contribution < 1.29 is 0 Å². The van der Waals surface area contributed by atoms with Crippen molar-refractivity contribution in [3.63, 3.8) is 0 Å². The molecule has 1 heterocycles. The van der Waals surface area contributed by atoms with E-state index in [0.29, 0.717) is 6.04 Å². The molecule has 2 unspecified atom stereocenters. The van der Waals surface area contributed by atoms with Gasteiger partial charge in [-0.15, -0.1) is 0 Å². The molecule has 3 rings (SSSR count). The van der Waals surface area contributed by atoms with Crippen molar-refractivity contribution in [2.75, 3.05) is 11.4 Å². The summed E-state index contributed by atoms with van der Waals surface area (Å²) in [7, 11) is 0. The maximum atomic E-state index is 9.35. The zero-order chi connectivity index (χ0) is 12.5. The van der Waals surface area contributed by atoms with Gasteiger partial charge < -0.3 is 4.90 Å². The quantitative estimate of drug-likeness (QED) is 0.781. The minimum Gasteiger partial charge on any atom is -0.367 e. The highest BCUT2D eigenvalue weighted by atomic mass is 79.9. The predicted octanol–water partition coefficient (Wildman–Crippen LogP) is 4.09. The van der Waals surface area contributed by atoms with E-state index in [2.05, 4.69) is 33.0 Å². The summed E-state index contributed by atoms with van der Waals surface area (Å²) >= 11 is 3.49. The summed E-state index contributed by atoms with van der Waals surface area (Å²) in [6, 6.07) is 9.10. The summed E-state index contributed by atoms with van der Waals surface area (Å²) in [5.41, 5.74) is 1.92. The van der Waals surface area contributed by atoms with Crippen LogP contribution in [0.2, 0.25) is 0 Å². The molecule has 1 aromatic carbocycles. The third-order valence-corrected chi connectivity index (χ3v) is 5.08. The zero-order valence-electron chi connectivity index (χ0n) is 10.4. The largest absolute Gasteiger partial charge is 0.367 e. The molecule has 94 valence electrons. The highest BCUT2D eigenvalue weighted by Gasteiger charge is 2.36. The average Bonchev–Trinajstić information content (AvgIpc) is 2.82. The first-order valence-corrected chi connectivity index (χ1v) is 7.56. The van der Waals surface area contributed by atoms with Gasteiger partial charge in [-0.1, -0.05) is 18.9 Å². The highest BCUT2D eigenvalue weighted by molar-refractivity contribution is 9.10. The summed E-state index contributed by atoms with van der Waals surface area (Å²) in [5, 5.41) is 9.35. The fourth-order valence-electron chi connectivity index (χ4n) is 3.57. The van der Waals surface area contributed by atoms with Crippen LogP contribution in [0.3, 0.4) is 0 Å². The number of halogens is 1. The van der Waals surface area contributed by atoms with Gasteiger partial charge in [-0.3, -0.25) is 0 Å². The number of anilines is 1. The Kier molecular flexibility index (Phi) is 3.30. The lowest BCUT2D eigenvalue weighted by molar-refractivity contribution is 0.342. The van der Waals surface area contributed by atoms with Crippen molar-refractivity contribution in [1.29, 1.82) is 5.26 Å². The second-order valence-electron chi connectivity index (χ2n) is 5.34. The second kappa shape index (κ2) is 4.93. The molecule has 2 atom stereocenters. The lowest BCUT2D eigenvalue weighted by atomic mass is 9.85. The first-order chi connectivity index (χ1) is 8.81. The highest BCUT2D eigenvalue weighted by Crippen LogP contribution is 2.40. The molecule has 0 spiro atoms. The van der Waals surface area contributed by atoms with Crippen LogP contribution in [0.4, 0.5) is 5.69 Å². The van der Waals surface area contributed by atoms with E-state index >= 15 is 0 Å². The number of nitrogens with zero attached hydrogens (tertiary/aromatic N) is 2. The van der Waals surface area contributed by atoms with E-state index in [-0.39, 0.29) is 0 Å². The van der Waals surface area contributed by atoms with Gasteiger partial charge in [0.05, 0.1) is 11.3 Å². The van der Waals surface area contributed by atoms with Gasteiger partial charge in [-0.2, -0.15) is 5.26 Å². The fourth-order valence-corrected chi connectivity index (χ4v) is 4.01. The number of hydrogen-bond acceptors (Lipinski definition) is 2. The van der Waals surface area contributed by atoms with Crippen LogP contribution in [-0.4, -0.2) is 12.6 Å². The van der Waals surface area contributed by atoms with Gasteiger partial charge in [0.1, 0.15) is 6.07 Å². The lowest BCUT2D eigenvalue weighted by Gasteiger charge is -2.33. The molecule has 2 aliphatic rings. The van der Waals surface area contributed by atoms with Gasteiger partial charge in [-0.25, -0.2) is 0 Å². The molecule has 0 radical (unpaired) electrons. The minimum absolute atomic E-state index is 0.667. The van der Waals surface area contributed by atoms with Gasteiger partial charge in [-0.05, 0) is 53.2 Å². The van der Waals surface area contributed by atoms with Crippen molar-refractivity contribution >= 4 is 21.6 Å². The molecule has 3 heteroatoms. The lowest BCUT2D eigenvalue weighted by Crippen LogP contribution is -2.35. The van der Waals surface area contributed by atoms with Gasteiger partial charge in [0, 0.05) is 17.1 Å².